The lowest BCUT2D eigenvalue weighted by Gasteiger charge is -2.23. The molecular formula is C30H22FN3O5S2. The second kappa shape index (κ2) is 12.3. The monoisotopic (exact) mass is 587 g/mol. The smallest absolute Gasteiger partial charge is 0.337 e. The number of aliphatic hydroxyl groups is 1. The quantitative estimate of drug-likeness (QED) is 0.111. The van der Waals surface area contributed by atoms with Crippen molar-refractivity contribution in [1.82, 2.24) is 10.2 Å². The van der Waals surface area contributed by atoms with Crippen LogP contribution in [-0.4, -0.2) is 40.1 Å². The van der Waals surface area contributed by atoms with E-state index in [-0.39, 0.29) is 22.1 Å². The third-order valence-electron chi connectivity index (χ3n) is 6.26. The molecule has 0 fully saturated rings. The fourth-order valence-corrected chi connectivity index (χ4v) is 6.08. The maximum Gasteiger partial charge on any atom is 0.337 e. The van der Waals surface area contributed by atoms with Crippen LogP contribution in [0.1, 0.15) is 33.1 Å². The van der Waals surface area contributed by atoms with Crippen LogP contribution in [0.2, 0.25) is 0 Å². The number of ether oxygens (including phenoxy) is 1. The molecule has 0 spiro atoms. The van der Waals surface area contributed by atoms with Crippen molar-refractivity contribution in [3.63, 3.8) is 0 Å². The number of anilines is 1. The van der Waals surface area contributed by atoms with Crippen LogP contribution in [-0.2, 0) is 20.1 Å². The van der Waals surface area contributed by atoms with Gasteiger partial charge < -0.3 is 9.84 Å². The summed E-state index contributed by atoms with van der Waals surface area (Å²) >= 11 is 2.33. The molecule has 0 bridgehead atoms. The van der Waals surface area contributed by atoms with Gasteiger partial charge in [-0.25, -0.2) is 9.18 Å². The molecule has 11 heteroatoms. The number of aromatic nitrogens is 2. The van der Waals surface area contributed by atoms with E-state index in [4.69, 9.17) is 4.74 Å². The molecule has 1 aliphatic rings. The topological polar surface area (TPSA) is 110 Å². The number of ketones is 1. The SMILES string of the molecule is COC(=O)c1ccc(C2C(C(=O)/C=C/c3ccccc3)=C(O)C(=O)N2c2nnc(SCc3ccccc3F)s2)cc1. The fourth-order valence-electron chi connectivity index (χ4n) is 4.23. The Kier molecular flexibility index (Phi) is 8.37. The van der Waals surface area contributed by atoms with Gasteiger partial charge in [-0.2, -0.15) is 0 Å². The highest BCUT2D eigenvalue weighted by molar-refractivity contribution is 8.00. The van der Waals surface area contributed by atoms with Crippen LogP contribution < -0.4 is 4.90 Å². The van der Waals surface area contributed by atoms with Crippen molar-refractivity contribution in [3.05, 3.63) is 124 Å². The molecule has 0 radical (unpaired) electrons. The number of nitrogens with zero attached hydrogens (tertiary/aromatic N) is 3. The number of hydrogen-bond donors (Lipinski definition) is 1. The van der Waals surface area contributed by atoms with Crippen molar-refractivity contribution >= 4 is 52.0 Å². The van der Waals surface area contributed by atoms with Gasteiger partial charge in [0, 0.05) is 5.75 Å². The maximum atomic E-state index is 14.1. The molecule has 41 heavy (non-hydrogen) atoms. The minimum atomic E-state index is -1.04. The maximum absolute atomic E-state index is 14.1. The number of aliphatic hydroxyl groups excluding tert-OH is 1. The average Bonchev–Trinajstić information content (AvgIpc) is 3.57. The Bertz CT molecular complexity index is 1670. The highest BCUT2D eigenvalue weighted by atomic mass is 32.2. The van der Waals surface area contributed by atoms with E-state index in [1.54, 1.807) is 36.4 Å². The van der Waals surface area contributed by atoms with E-state index in [9.17, 15) is 23.9 Å². The van der Waals surface area contributed by atoms with Crippen molar-refractivity contribution in [2.45, 2.75) is 16.1 Å². The predicted molar refractivity (Wildman–Crippen MR) is 154 cm³/mol. The lowest BCUT2D eigenvalue weighted by atomic mass is 9.95. The van der Waals surface area contributed by atoms with Crippen LogP contribution >= 0.6 is 23.1 Å². The first-order valence-corrected chi connectivity index (χ1v) is 14.1. The lowest BCUT2D eigenvalue weighted by molar-refractivity contribution is -0.117. The molecule has 0 saturated heterocycles. The standard InChI is InChI=1S/C30H22FN3O5S2/c1-39-28(38)20-14-12-19(13-15-20)25-24(23(35)16-11-18-7-3-2-4-8-18)26(36)27(37)34(25)29-32-33-30(41-29)40-17-21-9-5-6-10-22(21)31/h2-16,25,36H,17H2,1H3/b16-11+. The summed E-state index contributed by atoms with van der Waals surface area (Å²) in [6, 6.07) is 20.7. The van der Waals surface area contributed by atoms with Gasteiger partial charge in [0.05, 0.1) is 24.3 Å². The molecule has 1 aromatic heterocycles. The van der Waals surface area contributed by atoms with Crippen LogP contribution in [0.4, 0.5) is 9.52 Å². The van der Waals surface area contributed by atoms with Gasteiger partial charge in [-0.15, -0.1) is 10.2 Å². The van der Waals surface area contributed by atoms with Crippen LogP contribution in [0.5, 0.6) is 0 Å². The van der Waals surface area contributed by atoms with Crippen molar-refractivity contribution in [2.75, 3.05) is 12.0 Å². The van der Waals surface area contributed by atoms with E-state index in [2.05, 4.69) is 10.2 Å². The van der Waals surface area contributed by atoms with Gasteiger partial charge in [0.15, 0.2) is 15.9 Å². The van der Waals surface area contributed by atoms with Crippen LogP contribution in [0, 0.1) is 5.82 Å². The molecule has 0 aliphatic carbocycles. The summed E-state index contributed by atoms with van der Waals surface area (Å²) in [6.45, 7) is 0. The first kappa shape index (κ1) is 27.9. The van der Waals surface area contributed by atoms with Gasteiger partial charge >= 0.3 is 5.97 Å². The van der Waals surface area contributed by atoms with Crippen molar-refractivity contribution in [3.8, 4) is 0 Å². The summed E-state index contributed by atoms with van der Waals surface area (Å²) in [5, 5.41) is 19.4. The van der Waals surface area contributed by atoms with Crippen molar-refractivity contribution < 1.29 is 28.6 Å². The van der Waals surface area contributed by atoms with Gasteiger partial charge in [-0.05, 0) is 41.0 Å². The van der Waals surface area contributed by atoms with Gasteiger partial charge in [0.2, 0.25) is 5.13 Å². The average molecular weight is 588 g/mol. The second-order valence-corrected chi connectivity index (χ2v) is 11.0. The van der Waals surface area contributed by atoms with Crippen LogP contribution in [0.25, 0.3) is 6.08 Å². The molecule has 206 valence electrons. The summed E-state index contributed by atoms with van der Waals surface area (Å²) in [6.07, 6.45) is 2.89. The highest BCUT2D eigenvalue weighted by Crippen LogP contribution is 2.43. The summed E-state index contributed by atoms with van der Waals surface area (Å²) in [5.41, 5.74) is 1.86. The molecule has 3 aromatic carbocycles. The molecule has 0 saturated carbocycles. The molecule has 2 heterocycles. The second-order valence-electron chi connectivity index (χ2n) is 8.79. The Hall–Kier alpha value is -4.61. The van der Waals surface area contributed by atoms with Gasteiger partial charge in [0.1, 0.15) is 5.82 Å². The number of rotatable bonds is 9. The zero-order valence-electron chi connectivity index (χ0n) is 21.6. The number of thioether (sulfide) groups is 1. The summed E-state index contributed by atoms with van der Waals surface area (Å²) < 4.78 is 19.3. The van der Waals surface area contributed by atoms with E-state index < -0.39 is 29.5 Å². The molecule has 8 nitrogen and oxygen atoms in total. The molecular weight excluding hydrogens is 565 g/mol. The highest BCUT2D eigenvalue weighted by Gasteiger charge is 2.45. The number of allylic oxidation sites excluding steroid dienone is 1. The van der Waals surface area contributed by atoms with Crippen LogP contribution in [0.3, 0.4) is 0 Å². The van der Waals surface area contributed by atoms with Crippen LogP contribution in [0.15, 0.2) is 101 Å². The Morgan fingerprint density at radius 2 is 1.76 bits per heavy atom. The summed E-state index contributed by atoms with van der Waals surface area (Å²) in [7, 11) is 1.27. The number of carbonyl (C=O) groups is 3. The minimum absolute atomic E-state index is 0.135. The van der Waals surface area contributed by atoms with Crippen molar-refractivity contribution in [2.24, 2.45) is 0 Å². The number of esters is 1. The molecule has 1 atom stereocenters. The number of benzene rings is 3. The third-order valence-corrected chi connectivity index (χ3v) is 8.36. The number of carbonyl (C=O) groups excluding carboxylic acids is 3. The number of methoxy groups -OCH3 is 1. The summed E-state index contributed by atoms with van der Waals surface area (Å²) in [5.74, 6) is -2.67. The Balaban J connectivity index is 1.48. The molecule has 5 rings (SSSR count). The summed E-state index contributed by atoms with van der Waals surface area (Å²) in [4.78, 5) is 40.0. The first-order chi connectivity index (χ1) is 19.9. The van der Waals surface area contributed by atoms with E-state index in [0.717, 1.165) is 16.9 Å². The third kappa shape index (κ3) is 5.96. The Morgan fingerprint density at radius 3 is 2.46 bits per heavy atom. The molecule has 1 aliphatic heterocycles. The van der Waals surface area contributed by atoms with E-state index in [1.165, 1.54) is 48.0 Å². The lowest BCUT2D eigenvalue weighted by Crippen LogP contribution is -2.30. The Labute approximate surface area is 242 Å². The van der Waals surface area contributed by atoms with Gasteiger partial charge in [-0.1, -0.05) is 89.8 Å². The van der Waals surface area contributed by atoms with Gasteiger partial charge in [0.25, 0.3) is 5.91 Å². The molecule has 1 amide bonds. The zero-order valence-corrected chi connectivity index (χ0v) is 23.2. The molecule has 4 aromatic rings. The molecule has 1 N–H and O–H groups in total. The number of hydrogen-bond acceptors (Lipinski definition) is 9. The van der Waals surface area contributed by atoms with E-state index in [0.29, 0.717) is 21.2 Å². The Morgan fingerprint density at radius 1 is 1.05 bits per heavy atom. The minimum Gasteiger partial charge on any atom is -0.503 e. The molecule has 1 unspecified atom stereocenters. The number of halogens is 1. The predicted octanol–water partition coefficient (Wildman–Crippen LogP) is 5.94. The van der Waals surface area contributed by atoms with Crippen molar-refractivity contribution in [1.29, 1.82) is 0 Å². The van der Waals surface area contributed by atoms with Gasteiger partial charge in [-0.3, -0.25) is 14.5 Å². The fraction of sp³-hybridized carbons (Fsp3) is 0.100. The normalized spacial score (nSPS) is 15.1. The number of amides is 1. The first-order valence-electron chi connectivity index (χ1n) is 12.3. The van der Waals surface area contributed by atoms with E-state index in [1.807, 2.05) is 30.3 Å². The van der Waals surface area contributed by atoms with E-state index >= 15 is 0 Å². The largest absolute Gasteiger partial charge is 0.503 e. The zero-order chi connectivity index (χ0) is 28.9.